The Bertz CT molecular complexity index is 788. The molecular weight excluding hydrogens is 364 g/mol. The first-order valence-electron chi connectivity index (χ1n) is 9.31. The Hall–Kier alpha value is -3.10. The summed E-state index contributed by atoms with van der Waals surface area (Å²) in [5.74, 6) is -1.36. The van der Waals surface area contributed by atoms with Crippen LogP contribution >= 0.6 is 0 Å². The van der Waals surface area contributed by atoms with Gasteiger partial charge in [0, 0.05) is 32.7 Å². The van der Waals surface area contributed by atoms with Crippen LogP contribution in [0.15, 0.2) is 24.3 Å². The van der Waals surface area contributed by atoms with Gasteiger partial charge in [0.25, 0.3) is 0 Å². The van der Waals surface area contributed by atoms with E-state index >= 15 is 0 Å². The molecule has 2 aliphatic rings. The number of piperazine rings is 1. The van der Waals surface area contributed by atoms with E-state index in [1.165, 1.54) is 0 Å². The molecule has 2 fully saturated rings. The van der Waals surface area contributed by atoms with E-state index in [2.05, 4.69) is 4.90 Å². The van der Waals surface area contributed by atoms with E-state index in [9.17, 15) is 19.2 Å². The normalized spacial score (nSPS) is 17.6. The molecule has 0 aliphatic carbocycles. The first kappa shape index (κ1) is 19.7. The minimum Gasteiger partial charge on any atom is -0.495 e. The van der Waals surface area contributed by atoms with Crippen LogP contribution in [0.2, 0.25) is 0 Å². The van der Waals surface area contributed by atoms with Gasteiger partial charge < -0.3 is 14.5 Å². The molecule has 3 rings (SSSR count). The van der Waals surface area contributed by atoms with Crippen LogP contribution in [0.25, 0.3) is 0 Å². The average molecular weight is 388 g/mol. The highest BCUT2D eigenvalue weighted by Gasteiger charge is 2.45. The molecule has 2 heterocycles. The van der Waals surface area contributed by atoms with E-state index in [0.29, 0.717) is 32.6 Å². The summed E-state index contributed by atoms with van der Waals surface area (Å²) in [4.78, 5) is 54.2. The van der Waals surface area contributed by atoms with Crippen LogP contribution in [-0.2, 0) is 14.4 Å². The molecule has 0 spiro atoms. The van der Waals surface area contributed by atoms with Gasteiger partial charge in [-0.3, -0.25) is 19.3 Å². The maximum absolute atomic E-state index is 12.6. The van der Waals surface area contributed by atoms with Crippen molar-refractivity contribution in [2.75, 3.05) is 51.3 Å². The van der Waals surface area contributed by atoms with Crippen LogP contribution < -0.4 is 9.64 Å². The summed E-state index contributed by atoms with van der Waals surface area (Å²) >= 11 is 0. The maximum Gasteiger partial charge on any atom is 0.334 e. The Morgan fingerprint density at radius 2 is 1.64 bits per heavy atom. The van der Waals surface area contributed by atoms with E-state index < -0.39 is 24.4 Å². The smallest absolute Gasteiger partial charge is 0.334 e. The molecule has 0 bridgehead atoms. The number of amides is 5. The number of imide groups is 2. The molecule has 2 aliphatic heterocycles. The fourth-order valence-corrected chi connectivity index (χ4v) is 3.43. The summed E-state index contributed by atoms with van der Waals surface area (Å²) in [5, 5.41) is 0. The molecule has 0 unspecified atom stereocenters. The minimum atomic E-state index is -0.931. The Labute approximate surface area is 163 Å². The quantitative estimate of drug-likeness (QED) is 0.522. The van der Waals surface area contributed by atoms with Gasteiger partial charge in [0.05, 0.1) is 12.8 Å². The van der Waals surface area contributed by atoms with Crippen molar-refractivity contribution in [1.29, 1.82) is 0 Å². The second-order valence-corrected chi connectivity index (χ2v) is 6.67. The molecule has 9 nitrogen and oxygen atoms in total. The van der Waals surface area contributed by atoms with Crippen molar-refractivity contribution in [2.24, 2.45) is 0 Å². The molecule has 28 heavy (non-hydrogen) atoms. The van der Waals surface area contributed by atoms with Crippen LogP contribution in [0.4, 0.5) is 10.5 Å². The molecule has 2 saturated heterocycles. The first-order valence-corrected chi connectivity index (χ1v) is 9.31. The van der Waals surface area contributed by atoms with Gasteiger partial charge in [-0.15, -0.1) is 0 Å². The number of nitrogens with zero attached hydrogens (tertiary/aromatic N) is 4. The van der Waals surface area contributed by atoms with E-state index in [-0.39, 0.29) is 12.5 Å². The zero-order valence-corrected chi connectivity index (χ0v) is 16.1. The van der Waals surface area contributed by atoms with Gasteiger partial charge in [-0.1, -0.05) is 19.1 Å². The highest BCUT2D eigenvalue weighted by Crippen LogP contribution is 2.28. The number of hydrogen-bond acceptors (Lipinski definition) is 6. The number of para-hydroxylation sites is 2. The van der Waals surface area contributed by atoms with Crippen LogP contribution in [0.1, 0.15) is 13.3 Å². The predicted octanol–water partition coefficient (Wildman–Crippen LogP) is 0.545. The lowest BCUT2D eigenvalue weighted by Gasteiger charge is -2.37. The van der Waals surface area contributed by atoms with Gasteiger partial charge >= 0.3 is 17.8 Å². The SMILES string of the molecule is CCCN1C(=O)C(=O)N(CC(=O)N2CCN(c3ccccc3OC)CC2)C1=O. The lowest BCUT2D eigenvalue weighted by Crippen LogP contribution is -2.52. The summed E-state index contributed by atoms with van der Waals surface area (Å²) in [7, 11) is 1.62. The average Bonchev–Trinajstić information content (AvgIpc) is 2.92. The Balaban J connectivity index is 1.59. The van der Waals surface area contributed by atoms with Crippen LogP contribution in [-0.4, -0.2) is 84.8 Å². The molecule has 0 atom stereocenters. The Kier molecular flexibility index (Phi) is 5.81. The van der Waals surface area contributed by atoms with Gasteiger partial charge in [-0.25, -0.2) is 9.69 Å². The van der Waals surface area contributed by atoms with Crippen LogP contribution in [0.3, 0.4) is 0 Å². The molecule has 0 radical (unpaired) electrons. The monoisotopic (exact) mass is 388 g/mol. The number of urea groups is 1. The fourth-order valence-electron chi connectivity index (χ4n) is 3.43. The molecule has 0 saturated carbocycles. The molecule has 1 aromatic carbocycles. The lowest BCUT2D eigenvalue weighted by molar-refractivity contribution is -0.145. The van der Waals surface area contributed by atoms with Crippen molar-refractivity contribution >= 4 is 29.4 Å². The van der Waals surface area contributed by atoms with Crippen molar-refractivity contribution in [3.63, 3.8) is 0 Å². The molecule has 0 N–H and O–H groups in total. The van der Waals surface area contributed by atoms with Crippen molar-refractivity contribution in [1.82, 2.24) is 14.7 Å². The zero-order valence-electron chi connectivity index (χ0n) is 16.1. The van der Waals surface area contributed by atoms with Gasteiger partial charge in [0.1, 0.15) is 12.3 Å². The van der Waals surface area contributed by atoms with E-state index in [0.717, 1.165) is 21.2 Å². The number of carbonyl (C=O) groups excluding carboxylic acids is 4. The molecule has 0 aromatic heterocycles. The van der Waals surface area contributed by atoms with Gasteiger partial charge in [0.15, 0.2) is 0 Å². The molecule has 1 aromatic rings. The van der Waals surface area contributed by atoms with Crippen molar-refractivity contribution in [3.05, 3.63) is 24.3 Å². The van der Waals surface area contributed by atoms with Crippen LogP contribution in [0.5, 0.6) is 5.75 Å². The third-order valence-corrected chi connectivity index (χ3v) is 4.93. The minimum absolute atomic E-state index is 0.172. The topological polar surface area (TPSA) is 90.5 Å². The number of methoxy groups -OCH3 is 1. The summed E-state index contributed by atoms with van der Waals surface area (Å²) in [6.45, 7) is 3.70. The Morgan fingerprint density at radius 1 is 1.00 bits per heavy atom. The first-order chi connectivity index (χ1) is 13.5. The summed E-state index contributed by atoms with van der Waals surface area (Å²) < 4.78 is 5.38. The second kappa shape index (κ2) is 8.28. The number of benzene rings is 1. The zero-order chi connectivity index (χ0) is 20.3. The van der Waals surface area contributed by atoms with E-state index in [1.54, 1.807) is 18.9 Å². The predicted molar refractivity (Wildman–Crippen MR) is 101 cm³/mol. The molecule has 9 heteroatoms. The lowest BCUT2D eigenvalue weighted by atomic mass is 10.2. The highest BCUT2D eigenvalue weighted by molar-refractivity contribution is 6.45. The van der Waals surface area contributed by atoms with Crippen molar-refractivity contribution in [3.8, 4) is 5.75 Å². The van der Waals surface area contributed by atoms with Gasteiger partial charge in [-0.2, -0.15) is 0 Å². The number of ether oxygens (including phenoxy) is 1. The molecule has 5 amide bonds. The summed E-state index contributed by atoms with van der Waals surface area (Å²) in [6, 6.07) is 6.97. The largest absolute Gasteiger partial charge is 0.495 e. The molecule has 150 valence electrons. The number of rotatable bonds is 6. The third-order valence-electron chi connectivity index (χ3n) is 4.93. The second-order valence-electron chi connectivity index (χ2n) is 6.67. The summed E-state index contributed by atoms with van der Waals surface area (Å²) in [6.07, 6.45) is 0.553. The fraction of sp³-hybridized carbons (Fsp3) is 0.474. The van der Waals surface area contributed by atoms with E-state index in [1.807, 2.05) is 24.3 Å². The number of hydrogen-bond donors (Lipinski definition) is 0. The van der Waals surface area contributed by atoms with Gasteiger partial charge in [0.2, 0.25) is 5.91 Å². The summed E-state index contributed by atoms with van der Waals surface area (Å²) in [5.41, 5.74) is 0.961. The van der Waals surface area contributed by atoms with Gasteiger partial charge in [-0.05, 0) is 18.6 Å². The van der Waals surface area contributed by atoms with Crippen LogP contribution in [0, 0.1) is 0 Å². The number of anilines is 1. The standard InChI is InChI=1S/C19H24N4O5/c1-3-8-22-17(25)18(26)23(19(22)27)13-16(24)21-11-9-20(10-12-21)14-6-4-5-7-15(14)28-2/h4-7H,3,8-13H2,1-2H3. The highest BCUT2D eigenvalue weighted by atomic mass is 16.5. The van der Waals surface area contributed by atoms with Crippen molar-refractivity contribution < 1.29 is 23.9 Å². The Morgan fingerprint density at radius 3 is 2.29 bits per heavy atom. The van der Waals surface area contributed by atoms with Crippen molar-refractivity contribution in [2.45, 2.75) is 13.3 Å². The third kappa shape index (κ3) is 3.64. The molecular formula is C19H24N4O5. The number of carbonyl (C=O) groups is 4. The van der Waals surface area contributed by atoms with E-state index in [4.69, 9.17) is 4.74 Å². The maximum atomic E-state index is 12.6.